The zero-order valence-corrected chi connectivity index (χ0v) is 25.3. The van der Waals surface area contributed by atoms with Crippen molar-refractivity contribution >= 4 is 23.2 Å². The predicted octanol–water partition coefficient (Wildman–Crippen LogP) is 6.67. The van der Waals surface area contributed by atoms with E-state index in [4.69, 9.17) is 18.9 Å². The van der Waals surface area contributed by atoms with Crippen molar-refractivity contribution in [3.63, 3.8) is 0 Å². The summed E-state index contributed by atoms with van der Waals surface area (Å²) >= 11 is 0. The van der Waals surface area contributed by atoms with Crippen LogP contribution in [0.3, 0.4) is 0 Å². The molecule has 1 aromatic heterocycles. The van der Waals surface area contributed by atoms with Crippen molar-refractivity contribution in [1.29, 1.82) is 0 Å². The van der Waals surface area contributed by atoms with Crippen LogP contribution in [0.2, 0.25) is 0 Å². The smallest absolute Gasteiger partial charge is 0.262 e. The molecule has 3 aromatic carbocycles. The van der Waals surface area contributed by atoms with Gasteiger partial charge < -0.3 is 34.9 Å². The summed E-state index contributed by atoms with van der Waals surface area (Å²) in [5, 5.41) is 9.48. The average Bonchev–Trinajstić information content (AvgIpc) is 3.00. The quantitative estimate of drug-likeness (QED) is 0.132. The lowest BCUT2D eigenvalue weighted by Crippen LogP contribution is -2.21. The summed E-state index contributed by atoms with van der Waals surface area (Å²) in [7, 11) is 1.59. The predicted molar refractivity (Wildman–Crippen MR) is 169 cm³/mol. The molecule has 0 aliphatic carbocycles. The van der Waals surface area contributed by atoms with Crippen molar-refractivity contribution in [3.8, 4) is 28.9 Å². The van der Waals surface area contributed by atoms with Crippen LogP contribution in [0.5, 0.6) is 28.9 Å². The Bertz CT molecular complexity index is 1510. The number of benzene rings is 3. The molecule has 0 atom stereocenters. The number of amides is 1. The van der Waals surface area contributed by atoms with Gasteiger partial charge in [0.25, 0.3) is 5.91 Å². The Labute approximate surface area is 252 Å². The lowest BCUT2D eigenvalue weighted by atomic mass is 10.1. The standard InChI is InChI=1S/C33H39N5O5/c1-6-17-34-18-19-42-27-16-15-24(20-29(27)40-5)36-33-35-21-25(31(39)37-30-22(3)11-10-12-23(30)4)32(38-33)43-28-14-9-8-13-26(28)41-7-2/h8-16,20-21,34H,6-7,17-19H2,1-5H3,(H,37,39)(H,35,36,38). The number of anilines is 3. The first kappa shape index (κ1) is 31.1. The molecule has 0 fully saturated rings. The molecule has 4 rings (SSSR count). The molecule has 0 saturated heterocycles. The van der Waals surface area contributed by atoms with Gasteiger partial charge in [-0.3, -0.25) is 4.79 Å². The van der Waals surface area contributed by atoms with Crippen LogP contribution in [0.15, 0.2) is 66.9 Å². The van der Waals surface area contributed by atoms with Gasteiger partial charge in [0.15, 0.2) is 23.0 Å². The van der Waals surface area contributed by atoms with Crippen LogP contribution in [-0.4, -0.2) is 49.3 Å². The van der Waals surface area contributed by atoms with Crippen LogP contribution >= 0.6 is 0 Å². The van der Waals surface area contributed by atoms with Crippen LogP contribution in [0.1, 0.15) is 41.8 Å². The van der Waals surface area contributed by atoms with Crippen molar-refractivity contribution in [1.82, 2.24) is 15.3 Å². The molecule has 226 valence electrons. The summed E-state index contributed by atoms with van der Waals surface area (Å²) < 4.78 is 23.4. The van der Waals surface area contributed by atoms with Crippen LogP contribution < -0.4 is 34.9 Å². The van der Waals surface area contributed by atoms with E-state index in [0.29, 0.717) is 41.9 Å². The molecular weight excluding hydrogens is 546 g/mol. The molecular formula is C33H39N5O5. The number of hydrogen-bond donors (Lipinski definition) is 3. The topological polar surface area (TPSA) is 116 Å². The molecule has 0 aliphatic heterocycles. The monoisotopic (exact) mass is 585 g/mol. The first-order valence-electron chi connectivity index (χ1n) is 14.4. The number of methoxy groups -OCH3 is 1. The van der Waals surface area contributed by atoms with E-state index in [9.17, 15) is 4.79 Å². The van der Waals surface area contributed by atoms with Crippen LogP contribution in [0.4, 0.5) is 17.3 Å². The van der Waals surface area contributed by atoms with E-state index in [2.05, 4.69) is 32.8 Å². The molecule has 10 nitrogen and oxygen atoms in total. The Hall–Kier alpha value is -4.83. The summed E-state index contributed by atoms with van der Waals surface area (Å²) in [6, 6.07) is 18.5. The van der Waals surface area contributed by atoms with Gasteiger partial charge in [0.1, 0.15) is 12.2 Å². The molecule has 10 heteroatoms. The second-order valence-corrected chi connectivity index (χ2v) is 9.70. The number of aromatic nitrogens is 2. The fraction of sp³-hybridized carbons (Fsp3) is 0.303. The van der Waals surface area contributed by atoms with Crippen LogP contribution in [0.25, 0.3) is 0 Å². The van der Waals surface area contributed by atoms with E-state index in [-0.39, 0.29) is 17.4 Å². The largest absolute Gasteiger partial charge is 0.493 e. The fourth-order valence-corrected chi connectivity index (χ4v) is 4.29. The number of hydrogen-bond acceptors (Lipinski definition) is 9. The first-order chi connectivity index (χ1) is 20.9. The first-order valence-corrected chi connectivity index (χ1v) is 14.4. The maximum atomic E-state index is 13.5. The van der Waals surface area contributed by atoms with E-state index < -0.39 is 5.91 Å². The highest BCUT2D eigenvalue weighted by molar-refractivity contribution is 6.06. The van der Waals surface area contributed by atoms with Crippen molar-refractivity contribution in [2.45, 2.75) is 34.1 Å². The zero-order valence-electron chi connectivity index (χ0n) is 25.3. The maximum absolute atomic E-state index is 13.5. The van der Waals surface area contributed by atoms with Crippen molar-refractivity contribution in [3.05, 3.63) is 83.6 Å². The Morgan fingerprint density at radius 1 is 0.860 bits per heavy atom. The zero-order chi connectivity index (χ0) is 30.6. The number of carbonyl (C=O) groups excluding carboxylic acids is 1. The molecule has 0 spiro atoms. The van der Waals surface area contributed by atoms with Gasteiger partial charge >= 0.3 is 0 Å². The molecule has 0 aliphatic rings. The molecule has 0 saturated carbocycles. The molecule has 0 unspecified atom stereocenters. The average molecular weight is 586 g/mol. The number of ether oxygens (including phenoxy) is 4. The third kappa shape index (κ3) is 8.36. The second kappa shape index (κ2) is 15.4. The number of nitrogens with zero attached hydrogens (tertiary/aromatic N) is 2. The number of nitrogens with one attached hydrogen (secondary N) is 3. The molecule has 1 amide bonds. The lowest BCUT2D eigenvalue weighted by Gasteiger charge is -2.16. The van der Waals surface area contributed by atoms with E-state index in [0.717, 1.165) is 36.3 Å². The SMILES string of the molecule is CCCNCCOc1ccc(Nc2ncc(C(=O)Nc3c(C)cccc3C)c(Oc3ccccc3OCC)n2)cc1OC. The van der Waals surface area contributed by atoms with Crippen LogP contribution in [-0.2, 0) is 0 Å². The third-order valence-corrected chi connectivity index (χ3v) is 6.46. The second-order valence-electron chi connectivity index (χ2n) is 9.70. The van der Waals surface area contributed by atoms with Crippen molar-refractivity contribution in [2.24, 2.45) is 0 Å². The molecule has 1 heterocycles. The maximum Gasteiger partial charge on any atom is 0.262 e. The molecule has 3 N–H and O–H groups in total. The minimum absolute atomic E-state index is 0.0693. The van der Waals surface area contributed by atoms with E-state index >= 15 is 0 Å². The van der Waals surface area contributed by atoms with Gasteiger partial charge in [0.2, 0.25) is 11.8 Å². The number of carbonyl (C=O) groups is 1. The van der Waals surface area contributed by atoms with Gasteiger partial charge in [-0.05, 0) is 69.1 Å². The Morgan fingerprint density at radius 2 is 1.60 bits per heavy atom. The highest BCUT2D eigenvalue weighted by Crippen LogP contribution is 2.34. The van der Waals surface area contributed by atoms with Crippen molar-refractivity contribution < 1.29 is 23.7 Å². The lowest BCUT2D eigenvalue weighted by molar-refractivity contribution is 0.102. The Balaban J connectivity index is 1.61. The molecule has 0 bridgehead atoms. The molecule has 43 heavy (non-hydrogen) atoms. The van der Waals surface area contributed by atoms with Gasteiger partial charge in [-0.25, -0.2) is 4.98 Å². The van der Waals surface area contributed by atoms with E-state index in [1.807, 2.05) is 63.2 Å². The molecule has 4 aromatic rings. The van der Waals surface area contributed by atoms with Gasteiger partial charge in [-0.1, -0.05) is 37.3 Å². The summed E-state index contributed by atoms with van der Waals surface area (Å²) in [5.74, 6) is 2.04. The van der Waals surface area contributed by atoms with Crippen molar-refractivity contribution in [2.75, 3.05) is 44.0 Å². The van der Waals surface area contributed by atoms with Gasteiger partial charge in [0.05, 0.1) is 13.7 Å². The van der Waals surface area contributed by atoms with E-state index in [1.165, 1.54) is 6.20 Å². The highest BCUT2D eigenvalue weighted by atomic mass is 16.5. The number of aryl methyl sites for hydroxylation is 2. The fourth-order valence-electron chi connectivity index (χ4n) is 4.29. The summed E-state index contributed by atoms with van der Waals surface area (Å²) in [6.45, 7) is 10.5. The minimum Gasteiger partial charge on any atom is -0.493 e. The highest BCUT2D eigenvalue weighted by Gasteiger charge is 2.20. The summed E-state index contributed by atoms with van der Waals surface area (Å²) in [6.07, 6.45) is 2.50. The van der Waals surface area contributed by atoms with Gasteiger partial charge in [-0.2, -0.15) is 4.98 Å². The van der Waals surface area contributed by atoms with Gasteiger partial charge in [0, 0.05) is 30.2 Å². The number of rotatable bonds is 15. The summed E-state index contributed by atoms with van der Waals surface area (Å²) in [5.41, 5.74) is 3.44. The van der Waals surface area contributed by atoms with E-state index in [1.54, 1.807) is 25.3 Å². The Kier molecular flexibility index (Phi) is 11.2. The third-order valence-electron chi connectivity index (χ3n) is 6.46. The number of para-hydroxylation sites is 3. The minimum atomic E-state index is -0.399. The van der Waals surface area contributed by atoms with Crippen LogP contribution in [0, 0.1) is 13.8 Å². The van der Waals surface area contributed by atoms with Gasteiger partial charge in [-0.15, -0.1) is 0 Å². The molecule has 0 radical (unpaired) electrons. The normalized spacial score (nSPS) is 10.6. The summed E-state index contributed by atoms with van der Waals surface area (Å²) in [4.78, 5) is 22.5. The Morgan fingerprint density at radius 3 is 2.33 bits per heavy atom.